The number of thiazole rings is 1. The van der Waals surface area contributed by atoms with Gasteiger partial charge in [0.25, 0.3) is 0 Å². The molecule has 22 heavy (non-hydrogen) atoms. The molecule has 0 saturated heterocycles. The normalized spacial score (nSPS) is 35.4. The van der Waals surface area contributed by atoms with Crippen LogP contribution >= 0.6 is 23.1 Å². The molecule has 2 heterocycles. The predicted molar refractivity (Wildman–Crippen MR) is 88.9 cm³/mol. The maximum atomic E-state index is 11.9. The first kappa shape index (κ1) is 13.3. The summed E-state index contributed by atoms with van der Waals surface area (Å²) < 4.78 is 0. The molecular formula is C17H17NO2S2. The van der Waals surface area contributed by atoms with Gasteiger partial charge in [0.2, 0.25) is 0 Å². The van der Waals surface area contributed by atoms with Crippen LogP contribution in [-0.2, 0) is 0 Å². The summed E-state index contributed by atoms with van der Waals surface area (Å²) in [7, 11) is 0. The van der Waals surface area contributed by atoms with Crippen LogP contribution in [0.25, 0.3) is 0 Å². The Morgan fingerprint density at radius 1 is 1.14 bits per heavy atom. The zero-order chi connectivity index (χ0) is 14.8. The molecule has 3 nitrogen and oxygen atoms in total. The van der Waals surface area contributed by atoms with E-state index in [1.165, 1.54) is 41.0 Å². The Balaban J connectivity index is 1.68. The number of hydrogen-bond acceptors (Lipinski definition) is 4. The van der Waals surface area contributed by atoms with Gasteiger partial charge < -0.3 is 10.1 Å². The number of aromatic nitrogens is 1. The highest BCUT2D eigenvalue weighted by atomic mass is 32.2. The van der Waals surface area contributed by atoms with Crippen LogP contribution in [0, 0.1) is 17.8 Å². The summed E-state index contributed by atoms with van der Waals surface area (Å²) in [6, 6.07) is 7.61. The molecule has 2 aliphatic carbocycles. The fourth-order valence-corrected chi connectivity index (χ4v) is 7.80. The number of hydrogen-bond donors (Lipinski definition) is 2. The summed E-state index contributed by atoms with van der Waals surface area (Å²) in [6.07, 6.45) is 4.05. The van der Waals surface area contributed by atoms with Crippen molar-refractivity contribution < 1.29 is 5.11 Å². The van der Waals surface area contributed by atoms with Gasteiger partial charge in [0, 0.05) is 16.0 Å². The van der Waals surface area contributed by atoms with Crippen molar-refractivity contribution in [3.05, 3.63) is 44.4 Å². The Hall–Kier alpha value is -1.20. The molecular weight excluding hydrogens is 314 g/mol. The number of aromatic amines is 1. The van der Waals surface area contributed by atoms with Gasteiger partial charge in [-0.25, -0.2) is 0 Å². The second kappa shape index (κ2) is 4.65. The fourth-order valence-electron chi connectivity index (χ4n) is 4.90. The fraction of sp³-hybridized carbons (Fsp3) is 0.471. The molecule has 0 radical (unpaired) electrons. The molecule has 5 rings (SSSR count). The van der Waals surface area contributed by atoms with Gasteiger partial charge in [-0.2, -0.15) is 0 Å². The number of fused-ring (bicyclic) bond motifs is 6. The number of rotatable bonds is 1. The molecule has 0 spiro atoms. The minimum atomic E-state index is 0.0635. The molecule has 1 aromatic heterocycles. The molecule has 3 aliphatic rings. The first-order chi connectivity index (χ1) is 10.7. The third kappa shape index (κ3) is 1.78. The van der Waals surface area contributed by atoms with Crippen molar-refractivity contribution in [3.8, 4) is 5.75 Å². The second-order valence-electron chi connectivity index (χ2n) is 6.77. The molecule has 1 aromatic carbocycles. The van der Waals surface area contributed by atoms with Crippen molar-refractivity contribution in [3.63, 3.8) is 0 Å². The standard InChI is InChI=1S/C17H17NO2S2/c19-11-5-3-8(4-6-11)12-13-9-1-2-10(7-9)14(13)21-16-15(12)22-17(20)18-16/h3-6,9-10,12-14,19H,1-2,7H2,(H,18,20)/t9-,10-,12+,13+,14-/m0/s1. The Kier molecular flexibility index (Phi) is 2.80. The lowest BCUT2D eigenvalue weighted by atomic mass is 9.75. The van der Waals surface area contributed by atoms with Gasteiger partial charge in [-0.15, -0.1) is 11.8 Å². The van der Waals surface area contributed by atoms with Crippen LogP contribution in [0.15, 0.2) is 34.1 Å². The lowest BCUT2D eigenvalue weighted by Crippen LogP contribution is -2.33. The number of benzene rings is 1. The van der Waals surface area contributed by atoms with Crippen LogP contribution in [0.3, 0.4) is 0 Å². The number of H-pyrrole nitrogens is 1. The number of thioether (sulfide) groups is 1. The van der Waals surface area contributed by atoms with E-state index in [4.69, 9.17) is 0 Å². The van der Waals surface area contributed by atoms with Crippen LogP contribution < -0.4 is 4.87 Å². The molecule has 114 valence electrons. The number of phenols is 1. The number of nitrogens with one attached hydrogen (secondary N) is 1. The van der Waals surface area contributed by atoms with Crippen LogP contribution in [0.4, 0.5) is 0 Å². The highest BCUT2D eigenvalue weighted by Gasteiger charge is 2.54. The van der Waals surface area contributed by atoms with Crippen molar-refractivity contribution >= 4 is 23.1 Å². The zero-order valence-corrected chi connectivity index (χ0v) is 13.6. The van der Waals surface area contributed by atoms with Crippen molar-refractivity contribution in [1.82, 2.24) is 4.98 Å². The predicted octanol–water partition coefficient (Wildman–Crippen LogP) is 3.79. The molecule has 2 bridgehead atoms. The van der Waals surface area contributed by atoms with Gasteiger partial charge in [0.15, 0.2) is 0 Å². The Labute approximate surface area is 136 Å². The molecule has 0 unspecified atom stereocenters. The molecule has 5 atom stereocenters. The van der Waals surface area contributed by atoms with Crippen LogP contribution in [0.2, 0.25) is 0 Å². The van der Waals surface area contributed by atoms with Gasteiger partial charge in [0.05, 0.1) is 5.03 Å². The van der Waals surface area contributed by atoms with Gasteiger partial charge in [0.1, 0.15) is 5.75 Å². The maximum absolute atomic E-state index is 11.9. The largest absolute Gasteiger partial charge is 0.508 e. The highest BCUT2D eigenvalue weighted by molar-refractivity contribution is 8.00. The van der Waals surface area contributed by atoms with Crippen molar-refractivity contribution in [1.29, 1.82) is 0 Å². The molecule has 2 aromatic rings. The first-order valence-electron chi connectivity index (χ1n) is 7.89. The zero-order valence-electron chi connectivity index (χ0n) is 12.0. The molecule has 2 saturated carbocycles. The Bertz CT molecular complexity index is 779. The highest BCUT2D eigenvalue weighted by Crippen LogP contribution is 2.63. The van der Waals surface area contributed by atoms with E-state index in [2.05, 4.69) is 4.98 Å². The first-order valence-corrected chi connectivity index (χ1v) is 9.59. The minimum Gasteiger partial charge on any atom is -0.508 e. The van der Waals surface area contributed by atoms with Crippen LogP contribution in [0.5, 0.6) is 5.75 Å². The van der Waals surface area contributed by atoms with E-state index in [1.807, 2.05) is 23.9 Å². The van der Waals surface area contributed by atoms with E-state index in [0.29, 0.717) is 22.8 Å². The Morgan fingerprint density at radius 3 is 2.73 bits per heavy atom. The third-order valence-electron chi connectivity index (χ3n) is 5.72. The topological polar surface area (TPSA) is 53.1 Å². The monoisotopic (exact) mass is 331 g/mol. The molecule has 1 aliphatic heterocycles. The SMILES string of the molecule is O=c1[nH]c2c(s1)[C@H](c1ccc(O)cc1)[C@H]1[C@H]3CC[C@@H](C3)[C@@H]1S2. The van der Waals surface area contributed by atoms with Gasteiger partial charge >= 0.3 is 4.87 Å². The number of phenolic OH excluding ortho intramolecular Hbond substituents is 1. The average Bonchev–Trinajstić information content (AvgIpc) is 3.19. The van der Waals surface area contributed by atoms with E-state index in [-0.39, 0.29) is 4.87 Å². The van der Waals surface area contributed by atoms with E-state index in [0.717, 1.165) is 16.9 Å². The Morgan fingerprint density at radius 2 is 1.91 bits per heavy atom. The summed E-state index contributed by atoms with van der Waals surface area (Å²) in [5, 5.41) is 11.3. The molecule has 2 N–H and O–H groups in total. The van der Waals surface area contributed by atoms with E-state index < -0.39 is 0 Å². The average molecular weight is 331 g/mol. The van der Waals surface area contributed by atoms with Gasteiger partial charge in [-0.3, -0.25) is 4.79 Å². The van der Waals surface area contributed by atoms with Gasteiger partial charge in [-0.05, 0) is 54.7 Å². The van der Waals surface area contributed by atoms with Gasteiger partial charge in [-0.1, -0.05) is 23.5 Å². The minimum absolute atomic E-state index is 0.0635. The van der Waals surface area contributed by atoms with Crippen molar-refractivity contribution in [2.24, 2.45) is 17.8 Å². The second-order valence-corrected chi connectivity index (χ2v) is 8.97. The maximum Gasteiger partial charge on any atom is 0.305 e. The molecule has 0 amide bonds. The van der Waals surface area contributed by atoms with E-state index in [9.17, 15) is 9.90 Å². The summed E-state index contributed by atoms with van der Waals surface area (Å²) in [4.78, 5) is 16.2. The smallest absolute Gasteiger partial charge is 0.305 e. The van der Waals surface area contributed by atoms with Crippen LogP contribution in [-0.4, -0.2) is 15.3 Å². The van der Waals surface area contributed by atoms with E-state index in [1.54, 1.807) is 12.1 Å². The summed E-state index contributed by atoms with van der Waals surface area (Å²) in [5.74, 6) is 2.89. The van der Waals surface area contributed by atoms with E-state index >= 15 is 0 Å². The lowest BCUT2D eigenvalue weighted by molar-refractivity contribution is 0.307. The van der Waals surface area contributed by atoms with Crippen molar-refractivity contribution in [2.45, 2.75) is 35.5 Å². The van der Waals surface area contributed by atoms with Crippen molar-refractivity contribution in [2.75, 3.05) is 0 Å². The lowest BCUT2D eigenvalue weighted by Gasteiger charge is -2.40. The summed E-state index contributed by atoms with van der Waals surface area (Å²) in [5.41, 5.74) is 1.25. The third-order valence-corrected chi connectivity index (χ3v) is 8.34. The molecule has 2 fully saturated rings. The number of aromatic hydroxyl groups is 1. The summed E-state index contributed by atoms with van der Waals surface area (Å²) in [6.45, 7) is 0. The van der Waals surface area contributed by atoms with Crippen LogP contribution in [0.1, 0.15) is 35.6 Å². The quantitative estimate of drug-likeness (QED) is 0.836. The molecule has 5 heteroatoms. The summed E-state index contributed by atoms with van der Waals surface area (Å²) >= 11 is 3.30.